The molecule has 0 aromatic rings. The summed E-state index contributed by atoms with van der Waals surface area (Å²) in [4.78, 5) is 24.3. The van der Waals surface area contributed by atoms with Crippen molar-refractivity contribution in [3.8, 4) is 0 Å². The summed E-state index contributed by atoms with van der Waals surface area (Å²) in [5, 5.41) is 0. The zero-order chi connectivity index (χ0) is 22.9. The Hall–Kier alpha value is -1.26. The molecule has 5 fully saturated rings. The van der Waals surface area contributed by atoms with Gasteiger partial charge in [-0.1, -0.05) is 6.92 Å². The molecule has 0 radical (unpaired) electrons. The summed E-state index contributed by atoms with van der Waals surface area (Å²) < 4.78 is 40.5. The molecule has 0 aromatic heterocycles. The van der Waals surface area contributed by atoms with Crippen molar-refractivity contribution in [1.82, 2.24) is 0 Å². The van der Waals surface area contributed by atoms with Crippen LogP contribution < -0.4 is 0 Å². The van der Waals surface area contributed by atoms with Gasteiger partial charge in [-0.3, -0.25) is 9.59 Å². The van der Waals surface area contributed by atoms with Gasteiger partial charge in [-0.25, -0.2) is 0 Å². The molecule has 3 saturated heterocycles. The van der Waals surface area contributed by atoms with Gasteiger partial charge in [-0.05, 0) is 64.2 Å². The summed E-state index contributed by atoms with van der Waals surface area (Å²) >= 11 is 0. The molecule has 0 spiro atoms. The molecule has 0 N–H and O–H groups in total. The lowest BCUT2D eigenvalue weighted by Gasteiger charge is -2.34. The van der Waals surface area contributed by atoms with Crippen LogP contribution in [0.3, 0.4) is 0 Å². The van der Waals surface area contributed by atoms with Gasteiger partial charge >= 0.3 is 11.9 Å². The maximum absolute atomic E-state index is 12.2. The average molecular weight is 469 g/mol. The smallest absolute Gasteiger partial charge is 0.317 e. The van der Waals surface area contributed by atoms with Crippen molar-refractivity contribution >= 4 is 11.9 Å². The second-order valence-corrected chi connectivity index (χ2v) is 10.2. The molecular formula is C24H36O9. The minimum absolute atomic E-state index is 0.0585. The van der Waals surface area contributed by atoms with E-state index in [0.717, 1.165) is 51.4 Å². The molecule has 0 bridgehead atoms. The van der Waals surface area contributed by atoms with Gasteiger partial charge in [0.05, 0.1) is 6.61 Å². The number of ether oxygens (including phenoxy) is 7. The van der Waals surface area contributed by atoms with Crippen LogP contribution in [0.15, 0.2) is 0 Å². The lowest BCUT2D eigenvalue weighted by atomic mass is 9.87. The zero-order valence-electron chi connectivity index (χ0n) is 19.5. The minimum Gasteiger partial charge on any atom is -0.462 e. The third kappa shape index (κ3) is 5.53. The van der Waals surface area contributed by atoms with Crippen molar-refractivity contribution in [3.05, 3.63) is 0 Å². The number of hydrogen-bond acceptors (Lipinski definition) is 9. The molecule has 3 heterocycles. The Morgan fingerprint density at radius 1 is 0.727 bits per heavy atom. The highest BCUT2D eigenvalue weighted by Gasteiger charge is 2.56. The van der Waals surface area contributed by atoms with Gasteiger partial charge < -0.3 is 33.2 Å². The topological polar surface area (TPSA) is 98.8 Å². The summed E-state index contributed by atoms with van der Waals surface area (Å²) in [5.41, 5.74) is 0. The third-order valence-corrected chi connectivity index (χ3v) is 7.62. The summed E-state index contributed by atoms with van der Waals surface area (Å²) in [7, 11) is 0. The van der Waals surface area contributed by atoms with Crippen LogP contribution in [0, 0.1) is 11.8 Å². The molecule has 0 aromatic carbocycles. The van der Waals surface area contributed by atoms with Crippen LogP contribution in [-0.4, -0.2) is 67.9 Å². The van der Waals surface area contributed by atoms with Gasteiger partial charge in [0.15, 0.2) is 18.9 Å². The van der Waals surface area contributed by atoms with Crippen molar-refractivity contribution in [1.29, 1.82) is 0 Å². The number of fused-ring (bicyclic) bond motifs is 3. The number of esters is 2. The van der Waals surface area contributed by atoms with Crippen molar-refractivity contribution in [3.63, 3.8) is 0 Å². The molecule has 5 aliphatic rings. The Labute approximate surface area is 194 Å². The number of carbonyl (C=O) groups is 2. The van der Waals surface area contributed by atoms with Gasteiger partial charge in [-0.2, -0.15) is 0 Å². The predicted octanol–water partition coefficient (Wildman–Crippen LogP) is 2.83. The first-order valence-electron chi connectivity index (χ1n) is 12.6. The molecule has 9 heteroatoms. The van der Waals surface area contributed by atoms with Crippen LogP contribution >= 0.6 is 0 Å². The van der Waals surface area contributed by atoms with Crippen molar-refractivity contribution in [2.24, 2.45) is 11.8 Å². The number of hydrogen-bond donors (Lipinski definition) is 0. The Bertz CT molecular complexity index is 698. The number of rotatable bonds is 5. The summed E-state index contributed by atoms with van der Waals surface area (Å²) in [6, 6.07) is 0. The zero-order valence-corrected chi connectivity index (χ0v) is 19.5. The first kappa shape index (κ1) is 23.5. The first-order valence-corrected chi connectivity index (χ1v) is 12.6. The van der Waals surface area contributed by atoms with E-state index in [1.165, 1.54) is 0 Å². The summed E-state index contributed by atoms with van der Waals surface area (Å²) in [6.45, 7) is 4.57. The average Bonchev–Trinajstić information content (AvgIpc) is 3.34. The molecule has 2 saturated carbocycles. The Balaban J connectivity index is 1.01. The fraction of sp³-hybridized carbons (Fsp3) is 0.917. The molecular weight excluding hydrogens is 432 g/mol. The van der Waals surface area contributed by atoms with Gasteiger partial charge in [0, 0.05) is 5.92 Å². The van der Waals surface area contributed by atoms with Gasteiger partial charge in [0.25, 0.3) is 0 Å². The molecule has 6 atom stereocenters. The highest BCUT2D eigenvalue weighted by atomic mass is 16.8. The van der Waals surface area contributed by atoms with Gasteiger partial charge in [-0.15, -0.1) is 0 Å². The first-order chi connectivity index (χ1) is 15.9. The van der Waals surface area contributed by atoms with Crippen LogP contribution in [0.2, 0.25) is 0 Å². The minimum atomic E-state index is -0.499. The van der Waals surface area contributed by atoms with Crippen molar-refractivity contribution in [2.75, 3.05) is 6.61 Å². The monoisotopic (exact) mass is 468 g/mol. The van der Waals surface area contributed by atoms with Crippen LogP contribution in [0.4, 0.5) is 0 Å². The molecule has 186 valence electrons. The summed E-state index contributed by atoms with van der Waals surface area (Å²) in [5.74, 6) is -0.0808. The van der Waals surface area contributed by atoms with Crippen LogP contribution in [-0.2, 0) is 42.7 Å². The molecule has 9 nitrogen and oxygen atoms in total. The van der Waals surface area contributed by atoms with E-state index in [-0.39, 0.29) is 55.4 Å². The second kappa shape index (κ2) is 10.2. The highest BCUT2D eigenvalue weighted by molar-refractivity contribution is 5.91. The van der Waals surface area contributed by atoms with E-state index in [1.54, 1.807) is 0 Å². The Morgan fingerprint density at radius 2 is 1.36 bits per heavy atom. The second-order valence-electron chi connectivity index (χ2n) is 10.2. The van der Waals surface area contributed by atoms with E-state index in [2.05, 4.69) is 6.92 Å². The third-order valence-electron chi connectivity index (χ3n) is 7.62. The van der Waals surface area contributed by atoms with E-state index >= 15 is 0 Å². The molecule has 33 heavy (non-hydrogen) atoms. The number of carbonyl (C=O) groups excluding carboxylic acids is 2. The lowest BCUT2D eigenvalue weighted by molar-refractivity contribution is -0.268. The van der Waals surface area contributed by atoms with E-state index in [4.69, 9.17) is 33.2 Å². The van der Waals surface area contributed by atoms with Gasteiger partial charge in [0.1, 0.15) is 36.9 Å². The molecule has 3 aliphatic heterocycles. The van der Waals surface area contributed by atoms with E-state index in [9.17, 15) is 9.59 Å². The SMILES string of the molecule is CC1CCC(OC(=O)CC(=O)OC2CCC(C3OC4OC5COC(C)OC5C4O3)CC2)CC1. The van der Waals surface area contributed by atoms with E-state index in [0.29, 0.717) is 12.5 Å². The van der Waals surface area contributed by atoms with Crippen LogP contribution in [0.5, 0.6) is 0 Å². The molecule has 0 amide bonds. The quantitative estimate of drug-likeness (QED) is 0.445. The van der Waals surface area contributed by atoms with Crippen LogP contribution in [0.25, 0.3) is 0 Å². The fourth-order valence-corrected chi connectivity index (χ4v) is 5.68. The standard InChI is InChI=1S/C24H36O9/c1-13-3-7-16(8-4-13)29-19(25)11-20(26)30-17-9-5-15(6-10-17)23-32-22-21-18(31-24(22)33-23)12-27-14(2)28-21/h13-18,21-24H,3-12H2,1-2H3. The molecule has 5 rings (SSSR count). The van der Waals surface area contributed by atoms with Crippen LogP contribution in [0.1, 0.15) is 71.6 Å². The largest absolute Gasteiger partial charge is 0.462 e. The van der Waals surface area contributed by atoms with E-state index in [1.807, 2.05) is 6.92 Å². The predicted molar refractivity (Wildman–Crippen MR) is 113 cm³/mol. The van der Waals surface area contributed by atoms with Crippen molar-refractivity contribution < 1.29 is 42.7 Å². The lowest BCUT2D eigenvalue weighted by Crippen LogP contribution is -2.45. The fourth-order valence-electron chi connectivity index (χ4n) is 5.68. The Morgan fingerprint density at radius 3 is 2.03 bits per heavy atom. The maximum Gasteiger partial charge on any atom is 0.317 e. The maximum atomic E-state index is 12.2. The highest BCUT2D eigenvalue weighted by Crippen LogP contribution is 2.41. The molecule has 2 aliphatic carbocycles. The molecule has 6 unspecified atom stereocenters. The normalized spacial score (nSPS) is 45.2. The Kier molecular flexibility index (Phi) is 7.23. The van der Waals surface area contributed by atoms with Crippen molar-refractivity contribution in [2.45, 2.75) is 121 Å². The van der Waals surface area contributed by atoms with E-state index < -0.39 is 18.2 Å². The van der Waals surface area contributed by atoms with Gasteiger partial charge in [0.2, 0.25) is 0 Å². The summed E-state index contributed by atoms with van der Waals surface area (Å²) in [6.07, 6.45) is 4.82.